The van der Waals surface area contributed by atoms with E-state index in [0.29, 0.717) is 30.9 Å². The maximum Gasteiger partial charge on any atom is 0.335 e. The van der Waals surface area contributed by atoms with Gasteiger partial charge in [0.15, 0.2) is 6.29 Å². The van der Waals surface area contributed by atoms with Crippen LogP contribution in [0.25, 0.3) is 10.2 Å². The first kappa shape index (κ1) is 20.7. The van der Waals surface area contributed by atoms with Crippen molar-refractivity contribution in [1.82, 2.24) is 25.1 Å². The molecule has 2 unspecified atom stereocenters. The number of aliphatic hydroxyl groups is 1. The van der Waals surface area contributed by atoms with Gasteiger partial charge in [0, 0.05) is 38.3 Å². The van der Waals surface area contributed by atoms with Crippen molar-refractivity contribution in [3.8, 4) is 0 Å². The molecule has 1 fully saturated rings. The highest BCUT2D eigenvalue weighted by atomic mass is 32.1. The summed E-state index contributed by atoms with van der Waals surface area (Å²) in [6.45, 7) is 5.27. The van der Waals surface area contributed by atoms with Gasteiger partial charge in [0.25, 0.3) is 0 Å². The molecule has 3 heterocycles. The van der Waals surface area contributed by atoms with Gasteiger partial charge in [-0.1, -0.05) is 17.4 Å². The highest BCUT2D eigenvalue weighted by molar-refractivity contribution is 7.16. The standard InChI is InChI=1S/C19H24N6O4S/c1-12-17(21-22-18(28)20-12)13-2-3-15-14(10-13)25(19(29)30-15)16(11-27)24-6-4-23(5-7-24)8-9-26/h2-3,10-12,16,26H,4-9H2,1H3,(H2,20,22,28). The number of benzene rings is 1. The SMILES string of the molecule is CC1NC(=O)NN=C1c1ccc2sc(=O)n(C(C=O)N3CCN(CCO)CC3)c2c1. The normalized spacial score (nSPS) is 21.7. The van der Waals surface area contributed by atoms with Crippen LogP contribution in [0, 0.1) is 0 Å². The number of carbonyl (C=O) groups is 2. The molecule has 0 aliphatic carbocycles. The molecule has 0 bridgehead atoms. The second kappa shape index (κ2) is 8.64. The van der Waals surface area contributed by atoms with Gasteiger partial charge in [-0.05, 0) is 19.1 Å². The zero-order valence-corrected chi connectivity index (χ0v) is 17.4. The average molecular weight is 433 g/mol. The molecule has 1 aromatic heterocycles. The smallest absolute Gasteiger partial charge is 0.335 e. The third-order valence-corrected chi connectivity index (χ3v) is 6.46. The molecule has 3 N–H and O–H groups in total. The molecule has 11 heteroatoms. The molecule has 160 valence electrons. The van der Waals surface area contributed by atoms with Crippen LogP contribution in [0.1, 0.15) is 18.7 Å². The molecule has 0 spiro atoms. The average Bonchev–Trinajstić information content (AvgIpc) is 3.05. The first-order chi connectivity index (χ1) is 14.5. The van der Waals surface area contributed by atoms with E-state index in [4.69, 9.17) is 5.11 Å². The molecule has 10 nitrogen and oxygen atoms in total. The number of hydrazone groups is 1. The maximum atomic E-state index is 12.8. The third-order valence-electron chi connectivity index (χ3n) is 5.53. The first-order valence-corrected chi connectivity index (χ1v) is 10.7. The Morgan fingerprint density at radius 2 is 2.07 bits per heavy atom. The maximum absolute atomic E-state index is 12.8. The van der Waals surface area contributed by atoms with Crippen molar-refractivity contribution in [1.29, 1.82) is 0 Å². The number of hydrogen-bond acceptors (Lipinski definition) is 8. The fourth-order valence-electron chi connectivity index (χ4n) is 3.97. The molecular formula is C19H24N6O4S. The van der Waals surface area contributed by atoms with Crippen LogP contribution in [0.3, 0.4) is 0 Å². The molecule has 1 saturated heterocycles. The Bertz CT molecular complexity index is 1040. The van der Waals surface area contributed by atoms with Crippen molar-refractivity contribution in [2.45, 2.75) is 19.1 Å². The summed E-state index contributed by atoms with van der Waals surface area (Å²) < 4.78 is 2.33. The predicted octanol–water partition coefficient (Wildman–Crippen LogP) is -0.224. The molecule has 2 aliphatic rings. The van der Waals surface area contributed by atoms with Crippen molar-refractivity contribution in [2.24, 2.45) is 5.10 Å². The van der Waals surface area contributed by atoms with E-state index in [2.05, 4.69) is 20.7 Å². The Labute approximate surface area is 176 Å². The lowest BCUT2D eigenvalue weighted by molar-refractivity contribution is -0.116. The lowest BCUT2D eigenvalue weighted by atomic mass is 10.0. The molecule has 1 aromatic carbocycles. The Morgan fingerprint density at radius 1 is 1.30 bits per heavy atom. The van der Waals surface area contributed by atoms with Crippen molar-refractivity contribution >= 4 is 39.6 Å². The molecule has 2 atom stereocenters. The molecule has 30 heavy (non-hydrogen) atoms. The highest BCUT2D eigenvalue weighted by Gasteiger charge is 2.28. The molecule has 4 rings (SSSR count). The number of urea groups is 1. The summed E-state index contributed by atoms with van der Waals surface area (Å²) in [5.41, 5.74) is 4.51. The zero-order chi connectivity index (χ0) is 21.3. The van der Waals surface area contributed by atoms with Crippen molar-refractivity contribution in [3.05, 3.63) is 33.4 Å². The number of aliphatic hydroxyl groups excluding tert-OH is 1. The minimum Gasteiger partial charge on any atom is -0.395 e. The van der Waals surface area contributed by atoms with Gasteiger partial charge in [0.1, 0.15) is 6.17 Å². The van der Waals surface area contributed by atoms with Gasteiger partial charge >= 0.3 is 10.9 Å². The number of rotatable bonds is 6. The molecular weight excluding hydrogens is 408 g/mol. The summed E-state index contributed by atoms with van der Waals surface area (Å²) in [7, 11) is 0. The van der Waals surface area contributed by atoms with Gasteiger partial charge in [-0.25, -0.2) is 10.2 Å². The number of aldehydes is 1. The minimum absolute atomic E-state index is 0.103. The van der Waals surface area contributed by atoms with Crippen molar-refractivity contribution < 1.29 is 14.7 Å². The van der Waals surface area contributed by atoms with E-state index in [0.717, 1.165) is 41.0 Å². The molecule has 2 amide bonds. The first-order valence-electron chi connectivity index (χ1n) is 9.84. The van der Waals surface area contributed by atoms with Gasteiger partial charge in [0.2, 0.25) is 0 Å². The highest BCUT2D eigenvalue weighted by Crippen LogP contribution is 2.25. The van der Waals surface area contributed by atoms with Crippen LogP contribution in [-0.4, -0.2) is 82.9 Å². The molecule has 2 aliphatic heterocycles. The van der Waals surface area contributed by atoms with E-state index in [1.165, 1.54) is 4.57 Å². The third kappa shape index (κ3) is 3.88. The van der Waals surface area contributed by atoms with E-state index in [1.54, 1.807) is 0 Å². The van der Waals surface area contributed by atoms with Gasteiger partial charge in [-0.2, -0.15) is 5.10 Å². The Balaban J connectivity index is 1.68. The number of carbonyl (C=O) groups excluding carboxylic acids is 2. The number of nitrogens with one attached hydrogen (secondary N) is 2. The number of hydrogen-bond donors (Lipinski definition) is 3. The van der Waals surface area contributed by atoms with Gasteiger partial charge < -0.3 is 10.4 Å². The summed E-state index contributed by atoms with van der Waals surface area (Å²) in [4.78, 5) is 40.2. The van der Waals surface area contributed by atoms with Crippen LogP contribution < -0.4 is 15.6 Å². The van der Waals surface area contributed by atoms with E-state index < -0.39 is 6.17 Å². The van der Waals surface area contributed by atoms with Gasteiger partial charge in [-0.15, -0.1) is 0 Å². The zero-order valence-electron chi connectivity index (χ0n) is 16.6. The topological polar surface area (TPSA) is 119 Å². The number of piperazine rings is 1. The van der Waals surface area contributed by atoms with Crippen LogP contribution in [0.4, 0.5) is 4.79 Å². The lowest BCUT2D eigenvalue weighted by Crippen LogP contribution is -2.50. The van der Waals surface area contributed by atoms with Crippen molar-refractivity contribution in [3.63, 3.8) is 0 Å². The summed E-state index contributed by atoms with van der Waals surface area (Å²) in [6, 6.07) is 4.92. The molecule has 2 aromatic rings. The summed E-state index contributed by atoms with van der Waals surface area (Å²) in [5.74, 6) is 0. The van der Waals surface area contributed by atoms with E-state index in [-0.39, 0.29) is 23.6 Å². The molecule has 0 radical (unpaired) electrons. The number of fused-ring (bicyclic) bond motifs is 1. The fraction of sp³-hybridized carbons (Fsp3) is 0.474. The number of β-amino-alcohol motifs (C(OH)–C–C–N with tert-alkyl or cyclic N) is 1. The quantitative estimate of drug-likeness (QED) is 0.543. The van der Waals surface area contributed by atoms with E-state index in [9.17, 15) is 14.4 Å². The van der Waals surface area contributed by atoms with Crippen molar-refractivity contribution in [2.75, 3.05) is 39.3 Å². The summed E-state index contributed by atoms with van der Waals surface area (Å²) in [5, 5.41) is 16.0. The Kier molecular flexibility index (Phi) is 5.95. The summed E-state index contributed by atoms with van der Waals surface area (Å²) in [6.07, 6.45) is 0.117. The van der Waals surface area contributed by atoms with Crippen LogP contribution in [0.2, 0.25) is 0 Å². The lowest BCUT2D eigenvalue weighted by Gasteiger charge is -2.37. The fourth-order valence-corrected chi connectivity index (χ4v) is 4.86. The van der Waals surface area contributed by atoms with Gasteiger partial charge in [-0.3, -0.25) is 24.0 Å². The Hall–Kier alpha value is -2.60. The largest absolute Gasteiger partial charge is 0.395 e. The van der Waals surface area contributed by atoms with Crippen LogP contribution >= 0.6 is 11.3 Å². The number of amides is 2. The van der Waals surface area contributed by atoms with E-state index >= 15 is 0 Å². The second-order valence-corrected chi connectivity index (χ2v) is 8.37. The second-order valence-electron chi connectivity index (χ2n) is 7.38. The van der Waals surface area contributed by atoms with Crippen LogP contribution in [0.5, 0.6) is 0 Å². The van der Waals surface area contributed by atoms with Crippen LogP contribution in [-0.2, 0) is 4.79 Å². The van der Waals surface area contributed by atoms with E-state index in [1.807, 2.05) is 30.0 Å². The Morgan fingerprint density at radius 3 is 2.73 bits per heavy atom. The summed E-state index contributed by atoms with van der Waals surface area (Å²) >= 11 is 1.10. The van der Waals surface area contributed by atoms with Crippen LogP contribution in [0.15, 0.2) is 28.1 Å². The minimum atomic E-state index is -0.693. The number of thiazole rings is 1. The molecule has 0 saturated carbocycles. The monoisotopic (exact) mass is 432 g/mol. The number of aromatic nitrogens is 1. The predicted molar refractivity (Wildman–Crippen MR) is 114 cm³/mol. The number of nitrogens with zero attached hydrogens (tertiary/aromatic N) is 4. The van der Waals surface area contributed by atoms with Gasteiger partial charge in [0.05, 0.1) is 28.6 Å².